The van der Waals surface area contributed by atoms with Crippen molar-refractivity contribution in [3.8, 4) is 0 Å². The minimum absolute atomic E-state index is 0.0561. The van der Waals surface area contributed by atoms with E-state index in [9.17, 15) is 4.79 Å². The summed E-state index contributed by atoms with van der Waals surface area (Å²) in [6.45, 7) is 2.32. The molecule has 0 bridgehead atoms. The second-order valence-corrected chi connectivity index (χ2v) is 3.73. The van der Waals surface area contributed by atoms with Crippen LogP contribution < -0.4 is 11.3 Å². The lowest BCUT2D eigenvalue weighted by atomic mass is 10.3. The first-order valence-corrected chi connectivity index (χ1v) is 5.63. The molecule has 1 heterocycles. The average Bonchev–Trinajstić information content (AvgIpc) is 2.83. The number of methoxy groups -OCH3 is 1. The van der Waals surface area contributed by atoms with Gasteiger partial charge >= 0.3 is 5.91 Å². The number of aliphatic hydroxyl groups is 1. The lowest BCUT2D eigenvalue weighted by Crippen LogP contribution is -2.30. The maximum Gasteiger partial charge on any atom is 0.300 e. The first-order chi connectivity index (χ1) is 8.71. The Balaban J connectivity index is 2.57. The second kappa shape index (κ2) is 7.83. The van der Waals surface area contributed by atoms with Gasteiger partial charge in [-0.05, 0) is 12.1 Å². The summed E-state index contributed by atoms with van der Waals surface area (Å²) in [5.41, 5.74) is 2.00. The van der Waals surface area contributed by atoms with Crippen molar-refractivity contribution in [3.05, 3.63) is 23.7 Å². The van der Waals surface area contributed by atoms with Crippen LogP contribution in [0.2, 0.25) is 0 Å². The third-order valence-electron chi connectivity index (χ3n) is 2.42. The van der Waals surface area contributed by atoms with Crippen LogP contribution in [0.4, 0.5) is 0 Å². The molecule has 0 unspecified atom stereocenters. The number of aliphatic hydroxyl groups excluding tert-OH is 1. The molecule has 1 aromatic rings. The van der Waals surface area contributed by atoms with Crippen molar-refractivity contribution in [1.29, 1.82) is 0 Å². The van der Waals surface area contributed by atoms with Gasteiger partial charge in [0.05, 0.1) is 19.8 Å². The SMILES string of the molecule is COCCN(CCO)Cc1ccc(C(=O)NN)o1. The number of hydrogen-bond acceptors (Lipinski definition) is 6. The van der Waals surface area contributed by atoms with Gasteiger partial charge in [0.25, 0.3) is 0 Å². The molecule has 0 aliphatic heterocycles. The van der Waals surface area contributed by atoms with Gasteiger partial charge in [-0.3, -0.25) is 15.1 Å². The van der Waals surface area contributed by atoms with Crippen LogP contribution in [0, 0.1) is 0 Å². The normalized spacial score (nSPS) is 10.9. The molecule has 0 atom stereocenters. The molecule has 1 aromatic heterocycles. The number of hydrazine groups is 1. The molecule has 0 saturated heterocycles. The minimum Gasteiger partial charge on any atom is -0.455 e. The Kier molecular flexibility index (Phi) is 6.37. The van der Waals surface area contributed by atoms with Crippen LogP contribution in [-0.4, -0.2) is 49.3 Å². The Morgan fingerprint density at radius 3 is 2.94 bits per heavy atom. The molecule has 1 rings (SSSR count). The van der Waals surface area contributed by atoms with Gasteiger partial charge in [0.1, 0.15) is 5.76 Å². The summed E-state index contributed by atoms with van der Waals surface area (Å²) in [5, 5.41) is 8.95. The van der Waals surface area contributed by atoms with Crippen molar-refractivity contribution in [1.82, 2.24) is 10.3 Å². The van der Waals surface area contributed by atoms with Gasteiger partial charge in [0.2, 0.25) is 0 Å². The minimum atomic E-state index is -0.466. The zero-order valence-electron chi connectivity index (χ0n) is 10.4. The molecule has 7 nitrogen and oxygen atoms in total. The molecular formula is C11H19N3O4. The van der Waals surface area contributed by atoms with E-state index in [1.165, 1.54) is 0 Å². The standard InChI is InChI=1S/C11H19N3O4/c1-17-7-5-14(4-6-15)8-9-2-3-10(18-9)11(16)13-12/h2-3,15H,4-8,12H2,1H3,(H,13,16). The van der Waals surface area contributed by atoms with Crippen molar-refractivity contribution in [2.75, 3.05) is 33.4 Å². The summed E-state index contributed by atoms with van der Waals surface area (Å²) >= 11 is 0. The van der Waals surface area contributed by atoms with Crippen molar-refractivity contribution < 1.29 is 19.1 Å². The van der Waals surface area contributed by atoms with Gasteiger partial charge in [0, 0.05) is 20.2 Å². The maximum absolute atomic E-state index is 11.2. The van der Waals surface area contributed by atoms with Gasteiger partial charge in [0.15, 0.2) is 5.76 Å². The molecule has 0 fully saturated rings. The van der Waals surface area contributed by atoms with Crippen LogP contribution in [0.5, 0.6) is 0 Å². The molecule has 7 heteroatoms. The van der Waals surface area contributed by atoms with E-state index < -0.39 is 5.91 Å². The van der Waals surface area contributed by atoms with Crippen LogP contribution in [-0.2, 0) is 11.3 Å². The number of nitrogens with zero attached hydrogens (tertiary/aromatic N) is 1. The van der Waals surface area contributed by atoms with E-state index in [-0.39, 0.29) is 12.4 Å². The molecule has 0 spiro atoms. The van der Waals surface area contributed by atoms with E-state index in [4.69, 9.17) is 20.1 Å². The monoisotopic (exact) mass is 257 g/mol. The molecule has 1 amide bonds. The number of carbonyl (C=O) groups excluding carboxylic acids is 1. The lowest BCUT2D eigenvalue weighted by Gasteiger charge is -2.19. The fourth-order valence-electron chi connectivity index (χ4n) is 1.51. The zero-order valence-corrected chi connectivity index (χ0v) is 10.4. The highest BCUT2D eigenvalue weighted by molar-refractivity contribution is 5.90. The number of furan rings is 1. The van der Waals surface area contributed by atoms with E-state index in [1.807, 2.05) is 10.3 Å². The Labute approximate surface area is 105 Å². The molecule has 0 radical (unpaired) electrons. The predicted molar refractivity (Wildman–Crippen MR) is 64.6 cm³/mol. The molecular weight excluding hydrogens is 238 g/mol. The second-order valence-electron chi connectivity index (χ2n) is 3.73. The molecule has 18 heavy (non-hydrogen) atoms. The molecule has 4 N–H and O–H groups in total. The quantitative estimate of drug-likeness (QED) is 0.324. The number of ether oxygens (including phenoxy) is 1. The van der Waals surface area contributed by atoms with Crippen molar-refractivity contribution >= 4 is 5.91 Å². The summed E-state index contributed by atoms with van der Waals surface area (Å²) in [6, 6.07) is 3.27. The Morgan fingerprint density at radius 1 is 1.56 bits per heavy atom. The number of carbonyl (C=O) groups is 1. The number of amides is 1. The van der Waals surface area contributed by atoms with Gasteiger partial charge in [-0.1, -0.05) is 0 Å². The Bertz CT molecular complexity index is 367. The highest BCUT2D eigenvalue weighted by atomic mass is 16.5. The predicted octanol–water partition coefficient (Wildman–Crippen LogP) is -0.676. The van der Waals surface area contributed by atoms with Crippen molar-refractivity contribution in [3.63, 3.8) is 0 Å². The average molecular weight is 257 g/mol. The first-order valence-electron chi connectivity index (χ1n) is 5.63. The number of nitrogens with two attached hydrogens (primary N) is 1. The zero-order chi connectivity index (χ0) is 13.4. The van der Waals surface area contributed by atoms with E-state index in [0.717, 1.165) is 0 Å². The molecule has 0 aliphatic rings. The topological polar surface area (TPSA) is 101 Å². The van der Waals surface area contributed by atoms with Gasteiger partial charge in [-0.15, -0.1) is 0 Å². The van der Waals surface area contributed by atoms with Crippen LogP contribution in [0.3, 0.4) is 0 Å². The summed E-state index contributed by atoms with van der Waals surface area (Å²) in [7, 11) is 1.62. The first kappa shape index (κ1) is 14.7. The third-order valence-corrected chi connectivity index (χ3v) is 2.42. The van der Waals surface area contributed by atoms with Gasteiger partial charge in [-0.2, -0.15) is 0 Å². The Morgan fingerprint density at radius 2 is 2.33 bits per heavy atom. The summed E-state index contributed by atoms with van der Waals surface area (Å²) in [5.74, 6) is 5.35. The molecule has 0 saturated carbocycles. The van der Waals surface area contributed by atoms with Gasteiger partial charge < -0.3 is 14.3 Å². The van der Waals surface area contributed by atoms with E-state index in [1.54, 1.807) is 19.2 Å². The van der Waals surface area contributed by atoms with Gasteiger partial charge in [-0.25, -0.2) is 5.84 Å². The maximum atomic E-state index is 11.2. The summed E-state index contributed by atoms with van der Waals surface area (Å²) < 4.78 is 10.3. The smallest absolute Gasteiger partial charge is 0.300 e. The van der Waals surface area contributed by atoms with Crippen LogP contribution in [0.25, 0.3) is 0 Å². The molecule has 0 aromatic carbocycles. The Hall–Kier alpha value is -1.41. The fourth-order valence-corrected chi connectivity index (χ4v) is 1.51. The molecule has 0 aliphatic carbocycles. The van der Waals surface area contributed by atoms with Crippen molar-refractivity contribution in [2.45, 2.75) is 6.54 Å². The van der Waals surface area contributed by atoms with E-state index >= 15 is 0 Å². The largest absolute Gasteiger partial charge is 0.455 e. The number of hydrogen-bond donors (Lipinski definition) is 3. The number of nitrogens with one attached hydrogen (secondary N) is 1. The number of nitrogen functional groups attached to an aromatic ring is 1. The van der Waals surface area contributed by atoms with Crippen LogP contribution in [0.1, 0.15) is 16.3 Å². The van der Waals surface area contributed by atoms with Crippen LogP contribution >= 0.6 is 0 Å². The third kappa shape index (κ3) is 4.46. The molecule has 102 valence electrons. The van der Waals surface area contributed by atoms with Crippen molar-refractivity contribution in [2.24, 2.45) is 5.84 Å². The summed E-state index contributed by atoms with van der Waals surface area (Å²) in [6.07, 6.45) is 0. The lowest BCUT2D eigenvalue weighted by molar-refractivity contribution is 0.0917. The van der Waals surface area contributed by atoms with E-state index in [0.29, 0.717) is 32.0 Å². The highest BCUT2D eigenvalue weighted by Gasteiger charge is 2.12. The van der Waals surface area contributed by atoms with Crippen LogP contribution in [0.15, 0.2) is 16.5 Å². The fraction of sp³-hybridized carbons (Fsp3) is 0.545. The summed E-state index contributed by atoms with van der Waals surface area (Å²) in [4.78, 5) is 13.2. The number of rotatable bonds is 8. The van der Waals surface area contributed by atoms with E-state index in [2.05, 4.69) is 0 Å². The highest BCUT2D eigenvalue weighted by Crippen LogP contribution is 2.10.